The summed E-state index contributed by atoms with van der Waals surface area (Å²) in [5, 5.41) is 8.17. The summed E-state index contributed by atoms with van der Waals surface area (Å²) in [5.41, 5.74) is 1.35. The van der Waals surface area contributed by atoms with Gasteiger partial charge in [-0.15, -0.1) is 5.10 Å². The molecule has 0 unspecified atom stereocenters. The highest BCUT2D eigenvalue weighted by atomic mass is 16.6. The predicted molar refractivity (Wildman–Crippen MR) is 87.9 cm³/mol. The highest BCUT2D eigenvalue weighted by Crippen LogP contribution is 2.36. The molecule has 8 heteroatoms. The predicted octanol–water partition coefficient (Wildman–Crippen LogP) is 0.841. The minimum Gasteiger partial charge on any atom is -0.486 e. The molecule has 2 aliphatic rings. The standard InChI is InChI=1S/C17H20N4O4/c1-20-9-13(18-19-20)12-8-21(10-15(12)23-2)17(22)11-4-3-5-14-16(11)25-7-6-24-14/h3-5,9,12,15H,6-8,10H2,1-2H3/t12-,15+/m0/s1. The van der Waals surface area contributed by atoms with Crippen LogP contribution in [0.1, 0.15) is 22.0 Å². The number of rotatable bonds is 3. The summed E-state index contributed by atoms with van der Waals surface area (Å²) in [5.74, 6) is 1.05. The lowest BCUT2D eigenvalue weighted by molar-refractivity contribution is 0.0706. The summed E-state index contributed by atoms with van der Waals surface area (Å²) in [6.07, 6.45) is 1.75. The Kier molecular flexibility index (Phi) is 4.04. The van der Waals surface area contributed by atoms with Crippen molar-refractivity contribution in [3.8, 4) is 11.5 Å². The van der Waals surface area contributed by atoms with Crippen LogP contribution in [-0.2, 0) is 11.8 Å². The van der Waals surface area contributed by atoms with Crippen LogP contribution < -0.4 is 9.47 Å². The second-order valence-electron chi connectivity index (χ2n) is 6.24. The van der Waals surface area contributed by atoms with Crippen LogP contribution in [-0.4, -0.2) is 65.3 Å². The Morgan fingerprint density at radius 2 is 2.12 bits per heavy atom. The first kappa shape index (κ1) is 15.9. The Morgan fingerprint density at radius 1 is 1.28 bits per heavy atom. The molecule has 0 saturated carbocycles. The summed E-state index contributed by atoms with van der Waals surface area (Å²) < 4.78 is 18.5. The van der Waals surface area contributed by atoms with E-state index in [1.54, 1.807) is 22.8 Å². The van der Waals surface area contributed by atoms with E-state index in [0.717, 1.165) is 5.69 Å². The SMILES string of the molecule is CO[C@@H]1CN(C(=O)c2cccc3c2OCCO3)C[C@H]1c1cn(C)nn1. The molecule has 1 saturated heterocycles. The monoisotopic (exact) mass is 344 g/mol. The maximum atomic E-state index is 13.1. The maximum absolute atomic E-state index is 13.1. The van der Waals surface area contributed by atoms with Crippen LogP contribution in [0.4, 0.5) is 0 Å². The van der Waals surface area contributed by atoms with E-state index < -0.39 is 0 Å². The molecule has 1 amide bonds. The number of amides is 1. The van der Waals surface area contributed by atoms with E-state index in [4.69, 9.17) is 14.2 Å². The Bertz CT molecular complexity index is 791. The van der Waals surface area contributed by atoms with Crippen molar-refractivity contribution in [2.24, 2.45) is 7.05 Å². The Hall–Kier alpha value is -2.61. The quantitative estimate of drug-likeness (QED) is 0.821. The van der Waals surface area contributed by atoms with Crippen molar-refractivity contribution < 1.29 is 19.0 Å². The van der Waals surface area contributed by atoms with Gasteiger partial charge >= 0.3 is 0 Å². The minimum absolute atomic E-state index is 0.000596. The van der Waals surface area contributed by atoms with Gasteiger partial charge in [-0.3, -0.25) is 9.48 Å². The third kappa shape index (κ3) is 2.82. The van der Waals surface area contributed by atoms with Crippen LogP contribution >= 0.6 is 0 Å². The Labute approximate surface area is 145 Å². The number of fused-ring (bicyclic) bond motifs is 1. The fourth-order valence-corrected chi connectivity index (χ4v) is 3.41. The van der Waals surface area contributed by atoms with Crippen molar-refractivity contribution in [1.29, 1.82) is 0 Å². The summed E-state index contributed by atoms with van der Waals surface area (Å²) in [4.78, 5) is 14.8. The molecule has 8 nitrogen and oxygen atoms in total. The van der Waals surface area contributed by atoms with Gasteiger partial charge in [-0.25, -0.2) is 0 Å². The van der Waals surface area contributed by atoms with Crippen molar-refractivity contribution in [3.63, 3.8) is 0 Å². The molecule has 0 radical (unpaired) electrons. The molecule has 0 spiro atoms. The third-order valence-electron chi connectivity index (χ3n) is 4.65. The normalized spacial score (nSPS) is 22.2. The number of aromatic nitrogens is 3. The van der Waals surface area contributed by atoms with Gasteiger partial charge in [0, 0.05) is 33.4 Å². The van der Waals surface area contributed by atoms with E-state index in [0.29, 0.717) is 43.4 Å². The van der Waals surface area contributed by atoms with E-state index in [9.17, 15) is 4.79 Å². The second kappa shape index (κ2) is 6.36. The molecule has 25 heavy (non-hydrogen) atoms. The molecule has 0 aliphatic carbocycles. The Balaban J connectivity index is 1.59. The van der Waals surface area contributed by atoms with Crippen molar-refractivity contribution in [2.45, 2.75) is 12.0 Å². The third-order valence-corrected chi connectivity index (χ3v) is 4.65. The van der Waals surface area contributed by atoms with Crippen LogP contribution in [0.5, 0.6) is 11.5 Å². The van der Waals surface area contributed by atoms with Gasteiger partial charge in [-0.05, 0) is 12.1 Å². The first-order chi connectivity index (χ1) is 12.2. The van der Waals surface area contributed by atoms with E-state index in [2.05, 4.69) is 10.3 Å². The summed E-state index contributed by atoms with van der Waals surface area (Å²) >= 11 is 0. The lowest BCUT2D eigenvalue weighted by atomic mass is 10.0. The van der Waals surface area contributed by atoms with Crippen molar-refractivity contribution in [3.05, 3.63) is 35.7 Å². The van der Waals surface area contributed by atoms with Gasteiger partial charge < -0.3 is 19.1 Å². The minimum atomic E-state index is -0.114. The average molecular weight is 344 g/mol. The fourth-order valence-electron chi connectivity index (χ4n) is 3.41. The summed E-state index contributed by atoms with van der Waals surface area (Å²) in [7, 11) is 3.48. The van der Waals surface area contributed by atoms with Crippen molar-refractivity contribution in [1.82, 2.24) is 19.9 Å². The number of carbonyl (C=O) groups excluding carboxylic acids is 1. The Morgan fingerprint density at radius 3 is 2.88 bits per heavy atom. The highest BCUT2D eigenvalue weighted by Gasteiger charge is 2.39. The molecule has 0 bridgehead atoms. The number of likely N-dealkylation sites (tertiary alicyclic amines) is 1. The molecule has 1 fully saturated rings. The zero-order valence-electron chi connectivity index (χ0n) is 14.2. The number of methoxy groups -OCH3 is 1. The summed E-state index contributed by atoms with van der Waals surface area (Å²) in [6, 6.07) is 5.40. The lowest BCUT2D eigenvalue weighted by Crippen LogP contribution is -2.31. The lowest BCUT2D eigenvalue weighted by Gasteiger charge is -2.23. The first-order valence-corrected chi connectivity index (χ1v) is 8.24. The molecule has 1 aromatic heterocycles. The van der Waals surface area contributed by atoms with E-state index in [-0.39, 0.29) is 17.9 Å². The van der Waals surface area contributed by atoms with Gasteiger partial charge in [0.25, 0.3) is 5.91 Å². The number of aryl methyl sites for hydroxylation is 1. The van der Waals surface area contributed by atoms with Crippen molar-refractivity contribution >= 4 is 5.91 Å². The number of hydrogen-bond donors (Lipinski definition) is 0. The maximum Gasteiger partial charge on any atom is 0.257 e. The molecule has 4 rings (SSSR count). The molecule has 132 valence electrons. The number of carbonyl (C=O) groups is 1. The van der Waals surface area contributed by atoms with Gasteiger partial charge in [-0.2, -0.15) is 0 Å². The van der Waals surface area contributed by atoms with E-state index in [1.165, 1.54) is 0 Å². The van der Waals surface area contributed by atoms with Gasteiger partial charge in [0.05, 0.1) is 23.3 Å². The average Bonchev–Trinajstić information content (AvgIpc) is 3.26. The zero-order valence-corrected chi connectivity index (χ0v) is 14.2. The van der Waals surface area contributed by atoms with Crippen LogP contribution in [0, 0.1) is 0 Å². The topological polar surface area (TPSA) is 78.7 Å². The highest BCUT2D eigenvalue weighted by molar-refractivity contribution is 5.98. The number of ether oxygens (including phenoxy) is 3. The number of benzene rings is 1. The largest absolute Gasteiger partial charge is 0.486 e. The van der Waals surface area contributed by atoms with Gasteiger partial charge in [0.2, 0.25) is 0 Å². The first-order valence-electron chi connectivity index (χ1n) is 8.24. The van der Waals surface area contributed by atoms with E-state index in [1.807, 2.05) is 25.4 Å². The number of nitrogens with zero attached hydrogens (tertiary/aromatic N) is 4. The molecule has 3 heterocycles. The molecule has 2 aromatic rings. The molecule has 2 aliphatic heterocycles. The number of hydrogen-bond acceptors (Lipinski definition) is 6. The van der Waals surface area contributed by atoms with Crippen LogP contribution in [0.2, 0.25) is 0 Å². The van der Waals surface area contributed by atoms with Gasteiger partial charge in [0.15, 0.2) is 11.5 Å². The summed E-state index contributed by atoms with van der Waals surface area (Å²) in [6.45, 7) is 1.97. The second-order valence-corrected chi connectivity index (χ2v) is 6.24. The molecular formula is C17H20N4O4. The van der Waals surface area contributed by atoms with Crippen LogP contribution in [0.25, 0.3) is 0 Å². The van der Waals surface area contributed by atoms with Crippen LogP contribution in [0.3, 0.4) is 0 Å². The molecule has 2 atom stereocenters. The molecule has 1 aromatic carbocycles. The zero-order chi connectivity index (χ0) is 17.4. The van der Waals surface area contributed by atoms with Crippen LogP contribution in [0.15, 0.2) is 24.4 Å². The number of para-hydroxylation sites is 1. The van der Waals surface area contributed by atoms with Crippen molar-refractivity contribution in [2.75, 3.05) is 33.4 Å². The fraction of sp³-hybridized carbons (Fsp3) is 0.471. The van der Waals surface area contributed by atoms with E-state index >= 15 is 0 Å². The van der Waals surface area contributed by atoms with Gasteiger partial charge in [-0.1, -0.05) is 11.3 Å². The van der Waals surface area contributed by atoms with Gasteiger partial charge in [0.1, 0.15) is 13.2 Å². The molecular weight excluding hydrogens is 324 g/mol. The molecule has 0 N–H and O–H groups in total. The smallest absolute Gasteiger partial charge is 0.257 e.